The molecule has 7 nitrogen and oxygen atoms in total. The topological polar surface area (TPSA) is 106 Å². The highest BCUT2D eigenvalue weighted by Crippen LogP contribution is 2.33. The number of rotatable bonds is 4. The van der Waals surface area contributed by atoms with E-state index in [2.05, 4.69) is 10.2 Å². The van der Waals surface area contributed by atoms with Gasteiger partial charge in [0.05, 0.1) is 10.5 Å². The van der Waals surface area contributed by atoms with E-state index >= 15 is 0 Å². The Hall–Kier alpha value is -2.00. The van der Waals surface area contributed by atoms with Crippen LogP contribution in [-0.4, -0.2) is 26.2 Å². The van der Waals surface area contributed by atoms with Crippen LogP contribution in [0.5, 0.6) is 0 Å². The van der Waals surface area contributed by atoms with Gasteiger partial charge in [-0.25, -0.2) is 4.79 Å². The van der Waals surface area contributed by atoms with Crippen molar-refractivity contribution >= 4 is 34.8 Å². The van der Waals surface area contributed by atoms with Crippen LogP contribution in [0.25, 0.3) is 0 Å². The molecular formula is C9H5N3O4S2. The molecule has 92 valence electrons. The summed E-state index contributed by atoms with van der Waals surface area (Å²) in [5.74, 6) is -1.14. The standard InChI is InChI=1S/C9H5N3O4S2/c13-8(14)6-2-1-5(12(15)16)3-7(6)18-9-11-10-4-17-9/h1-4H,(H,13,14). The molecule has 0 saturated heterocycles. The van der Waals surface area contributed by atoms with Crippen molar-refractivity contribution in [3.05, 3.63) is 39.4 Å². The Kier molecular flexibility index (Phi) is 3.53. The van der Waals surface area contributed by atoms with Crippen molar-refractivity contribution in [1.82, 2.24) is 10.2 Å². The first-order valence-corrected chi connectivity index (χ1v) is 6.23. The minimum atomic E-state index is -1.14. The second-order valence-corrected chi connectivity index (χ2v) is 5.17. The molecule has 0 aliphatic carbocycles. The number of nitrogens with zero attached hydrogens (tertiary/aromatic N) is 3. The molecule has 1 aromatic heterocycles. The molecule has 0 bridgehead atoms. The number of benzene rings is 1. The number of nitro groups is 1. The molecule has 1 heterocycles. The fraction of sp³-hybridized carbons (Fsp3) is 0. The van der Waals surface area contributed by atoms with Crippen LogP contribution in [0.1, 0.15) is 10.4 Å². The first-order valence-electron chi connectivity index (χ1n) is 4.53. The second-order valence-electron chi connectivity index (χ2n) is 3.05. The van der Waals surface area contributed by atoms with E-state index in [1.54, 1.807) is 0 Å². The van der Waals surface area contributed by atoms with Crippen LogP contribution in [0, 0.1) is 10.1 Å². The van der Waals surface area contributed by atoms with E-state index in [9.17, 15) is 14.9 Å². The Morgan fingerprint density at radius 2 is 2.28 bits per heavy atom. The van der Waals surface area contributed by atoms with Crippen LogP contribution in [0.4, 0.5) is 5.69 Å². The van der Waals surface area contributed by atoms with Crippen LogP contribution in [0.3, 0.4) is 0 Å². The lowest BCUT2D eigenvalue weighted by Gasteiger charge is -2.02. The number of aromatic carboxylic acids is 1. The monoisotopic (exact) mass is 283 g/mol. The minimum absolute atomic E-state index is 0.000741. The van der Waals surface area contributed by atoms with Gasteiger partial charge in [-0.2, -0.15) is 0 Å². The maximum absolute atomic E-state index is 11.0. The molecule has 0 saturated carbocycles. The molecule has 0 fully saturated rings. The average molecular weight is 283 g/mol. The predicted molar refractivity (Wildman–Crippen MR) is 64.1 cm³/mol. The molecule has 0 spiro atoms. The molecule has 0 atom stereocenters. The minimum Gasteiger partial charge on any atom is -0.478 e. The molecule has 1 aromatic carbocycles. The molecule has 9 heteroatoms. The fourth-order valence-electron chi connectivity index (χ4n) is 1.19. The number of hydrogen-bond acceptors (Lipinski definition) is 7. The summed E-state index contributed by atoms with van der Waals surface area (Å²) in [5, 5.41) is 27.0. The van der Waals surface area contributed by atoms with E-state index in [4.69, 9.17) is 5.11 Å². The molecule has 18 heavy (non-hydrogen) atoms. The lowest BCUT2D eigenvalue weighted by Crippen LogP contribution is -2.00. The lowest BCUT2D eigenvalue weighted by atomic mass is 10.2. The van der Waals surface area contributed by atoms with Crippen molar-refractivity contribution < 1.29 is 14.8 Å². The van der Waals surface area contributed by atoms with Crippen molar-refractivity contribution in [2.75, 3.05) is 0 Å². The van der Waals surface area contributed by atoms with Crippen LogP contribution < -0.4 is 0 Å². The summed E-state index contributed by atoms with van der Waals surface area (Å²) < 4.78 is 0.526. The molecule has 0 aliphatic rings. The molecular weight excluding hydrogens is 278 g/mol. The summed E-state index contributed by atoms with van der Waals surface area (Å²) in [6.07, 6.45) is 0. The number of carboxylic acids is 1. The number of carboxylic acid groups (broad SMARTS) is 1. The van der Waals surface area contributed by atoms with Gasteiger partial charge in [0.15, 0.2) is 4.34 Å². The normalized spacial score (nSPS) is 10.2. The first kappa shape index (κ1) is 12.5. The fourth-order valence-corrected chi connectivity index (χ4v) is 2.78. The van der Waals surface area contributed by atoms with Crippen molar-refractivity contribution in [2.45, 2.75) is 9.24 Å². The van der Waals surface area contributed by atoms with Crippen molar-refractivity contribution in [1.29, 1.82) is 0 Å². The smallest absolute Gasteiger partial charge is 0.336 e. The number of aromatic nitrogens is 2. The van der Waals surface area contributed by atoms with Gasteiger partial charge in [0.2, 0.25) is 0 Å². The molecule has 2 aromatic rings. The number of nitro benzene ring substituents is 1. The maximum Gasteiger partial charge on any atom is 0.336 e. The Morgan fingerprint density at radius 3 is 2.83 bits per heavy atom. The maximum atomic E-state index is 11.0. The van der Waals surface area contributed by atoms with Gasteiger partial charge in [0.25, 0.3) is 5.69 Å². The van der Waals surface area contributed by atoms with Crippen LogP contribution in [-0.2, 0) is 0 Å². The largest absolute Gasteiger partial charge is 0.478 e. The molecule has 1 N–H and O–H groups in total. The van der Waals surface area contributed by atoms with E-state index in [0.29, 0.717) is 4.34 Å². The SMILES string of the molecule is O=C(O)c1ccc([N+](=O)[O-])cc1Sc1nncs1. The zero-order chi connectivity index (χ0) is 13.1. The highest BCUT2D eigenvalue weighted by Gasteiger charge is 2.17. The lowest BCUT2D eigenvalue weighted by molar-refractivity contribution is -0.385. The van der Waals surface area contributed by atoms with Gasteiger partial charge in [-0.15, -0.1) is 10.2 Å². The van der Waals surface area contributed by atoms with E-state index in [1.165, 1.54) is 29.0 Å². The zero-order valence-corrected chi connectivity index (χ0v) is 10.3. The number of hydrogen-bond donors (Lipinski definition) is 1. The second kappa shape index (κ2) is 5.10. The zero-order valence-electron chi connectivity index (χ0n) is 8.64. The van der Waals surface area contributed by atoms with Gasteiger partial charge in [0, 0.05) is 17.0 Å². The van der Waals surface area contributed by atoms with Gasteiger partial charge in [-0.1, -0.05) is 23.1 Å². The summed E-state index contributed by atoms with van der Waals surface area (Å²) in [7, 11) is 0. The van der Waals surface area contributed by atoms with Gasteiger partial charge in [0.1, 0.15) is 5.51 Å². The Morgan fingerprint density at radius 1 is 1.50 bits per heavy atom. The average Bonchev–Trinajstić information content (AvgIpc) is 2.81. The van der Waals surface area contributed by atoms with Gasteiger partial charge >= 0.3 is 5.97 Å². The van der Waals surface area contributed by atoms with Crippen LogP contribution >= 0.6 is 23.1 Å². The Balaban J connectivity index is 2.43. The van der Waals surface area contributed by atoms with E-state index in [1.807, 2.05) is 0 Å². The number of non-ortho nitro benzene ring substituents is 1. The quantitative estimate of drug-likeness (QED) is 0.677. The first-order chi connectivity index (χ1) is 8.58. The van der Waals surface area contributed by atoms with Gasteiger partial charge in [-0.3, -0.25) is 10.1 Å². The highest BCUT2D eigenvalue weighted by atomic mass is 32.2. The van der Waals surface area contributed by atoms with E-state index < -0.39 is 10.9 Å². The molecule has 0 radical (unpaired) electrons. The molecule has 0 amide bonds. The molecule has 2 rings (SSSR count). The van der Waals surface area contributed by atoms with E-state index in [0.717, 1.165) is 17.8 Å². The van der Waals surface area contributed by atoms with Gasteiger partial charge in [-0.05, 0) is 6.07 Å². The summed E-state index contributed by atoms with van der Waals surface area (Å²) in [4.78, 5) is 21.4. The van der Waals surface area contributed by atoms with Crippen LogP contribution in [0.15, 0.2) is 32.9 Å². The van der Waals surface area contributed by atoms with Crippen molar-refractivity contribution in [3.63, 3.8) is 0 Å². The van der Waals surface area contributed by atoms with Gasteiger partial charge < -0.3 is 5.11 Å². The summed E-state index contributed by atoms with van der Waals surface area (Å²) in [6, 6.07) is 3.59. The van der Waals surface area contributed by atoms with E-state index in [-0.39, 0.29) is 16.1 Å². The third-order valence-electron chi connectivity index (χ3n) is 1.94. The molecule has 0 aliphatic heterocycles. The summed E-state index contributed by atoms with van der Waals surface area (Å²) >= 11 is 2.27. The Labute approximate surface area is 109 Å². The number of carbonyl (C=O) groups is 1. The highest BCUT2D eigenvalue weighted by molar-refractivity contribution is 8.01. The molecule has 0 unspecified atom stereocenters. The van der Waals surface area contributed by atoms with Crippen molar-refractivity contribution in [2.24, 2.45) is 0 Å². The third-order valence-corrected chi connectivity index (χ3v) is 3.78. The van der Waals surface area contributed by atoms with Crippen LogP contribution in [0.2, 0.25) is 0 Å². The third kappa shape index (κ3) is 2.63. The van der Waals surface area contributed by atoms with Crippen molar-refractivity contribution in [3.8, 4) is 0 Å². The predicted octanol–water partition coefficient (Wildman–Crippen LogP) is 2.30. The summed E-state index contributed by atoms with van der Waals surface area (Å²) in [5.41, 5.74) is 1.34. The summed E-state index contributed by atoms with van der Waals surface area (Å²) in [6.45, 7) is 0. The Bertz CT molecular complexity index is 600.